The predicted molar refractivity (Wildman–Crippen MR) is 86.9 cm³/mol. The van der Waals surface area contributed by atoms with Gasteiger partial charge in [-0.15, -0.1) is 0 Å². The van der Waals surface area contributed by atoms with Crippen LogP contribution in [-0.2, 0) is 16.1 Å². The first-order chi connectivity index (χ1) is 11.0. The molecule has 23 heavy (non-hydrogen) atoms. The molecular formula is C18H20N2O3. The van der Waals surface area contributed by atoms with E-state index >= 15 is 0 Å². The van der Waals surface area contributed by atoms with Gasteiger partial charge in [0.1, 0.15) is 11.5 Å². The molecule has 1 aliphatic rings. The van der Waals surface area contributed by atoms with Crippen molar-refractivity contribution >= 4 is 17.5 Å². The molecule has 1 saturated heterocycles. The van der Waals surface area contributed by atoms with E-state index in [0.29, 0.717) is 13.1 Å². The summed E-state index contributed by atoms with van der Waals surface area (Å²) in [6.07, 6.45) is 0.254. The molecule has 1 atom stereocenters. The number of aryl methyl sites for hydroxylation is 2. The van der Waals surface area contributed by atoms with Crippen LogP contribution >= 0.6 is 0 Å². The van der Waals surface area contributed by atoms with Crippen LogP contribution in [0.5, 0.6) is 0 Å². The van der Waals surface area contributed by atoms with Gasteiger partial charge in [-0.05, 0) is 32.0 Å². The maximum atomic E-state index is 12.3. The van der Waals surface area contributed by atoms with Crippen molar-refractivity contribution < 1.29 is 14.0 Å². The van der Waals surface area contributed by atoms with Gasteiger partial charge < -0.3 is 14.6 Å². The van der Waals surface area contributed by atoms with Gasteiger partial charge >= 0.3 is 0 Å². The van der Waals surface area contributed by atoms with Crippen LogP contribution < -0.4 is 10.2 Å². The number of anilines is 1. The third kappa shape index (κ3) is 3.28. The SMILES string of the molecule is Cc1cc(CNC(=O)C2CC(=O)N(c3ccccc3)C2)c(C)o1. The predicted octanol–water partition coefficient (Wildman–Crippen LogP) is 2.57. The number of hydrogen-bond acceptors (Lipinski definition) is 3. The van der Waals surface area contributed by atoms with Gasteiger partial charge in [0.25, 0.3) is 0 Å². The molecule has 0 aliphatic carbocycles. The van der Waals surface area contributed by atoms with E-state index in [-0.39, 0.29) is 24.2 Å². The van der Waals surface area contributed by atoms with Gasteiger partial charge in [-0.2, -0.15) is 0 Å². The largest absolute Gasteiger partial charge is 0.466 e. The van der Waals surface area contributed by atoms with Crippen molar-refractivity contribution in [2.45, 2.75) is 26.8 Å². The number of benzene rings is 1. The number of furan rings is 1. The summed E-state index contributed by atoms with van der Waals surface area (Å²) in [5.74, 6) is 1.24. The van der Waals surface area contributed by atoms with E-state index in [9.17, 15) is 9.59 Å². The number of rotatable bonds is 4. The van der Waals surface area contributed by atoms with Gasteiger partial charge in [0.2, 0.25) is 11.8 Å². The van der Waals surface area contributed by atoms with Crippen LogP contribution in [-0.4, -0.2) is 18.4 Å². The summed E-state index contributed by atoms with van der Waals surface area (Å²) in [4.78, 5) is 26.2. The van der Waals surface area contributed by atoms with Crippen LogP contribution in [0.25, 0.3) is 0 Å². The average Bonchev–Trinajstić information content (AvgIpc) is 3.08. The highest BCUT2D eigenvalue weighted by Crippen LogP contribution is 2.25. The number of carbonyl (C=O) groups is 2. The standard InChI is InChI=1S/C18H20N2O3/c1-12-8-14(13(2)23-12)10-19-18(22)15-9-17(21)20(11-15)16-6-4-3-5-7-16/h3-8,15H,9-11H2,1-2H3,(H,19,22). The van der Waals surface area contributed by atoms with Gasteiger partial charge in [-0.3, -0.25) is 9.59 Å². The van der Waals surface area contributed by atoms with Crippen LogP contribution in [0.4, 0.5) is 5.69 Å². The zero-order valence-electron chi connectivity index (χ0n) is 13.3. The van der Waals surface area contributed by atoms with Crippen LogP contribution in [0.15, 0.2) is 40.8 Å². The molecule has 1 aromatic heterocycles. The Morgan fingerprint density at radius 3 is 2.70 bits per heavy atom. The fourth-order valence-electron chi connectivity index (χ4n) is 2.93. The summed E-state index contributed by atoms with van der Waals surface area (Å²) >= 11 is 0. The third-order valence-electron chi connectivity index (χ3n) is 4.16. The number of amides is 2. The molecule has 1 aromatic carbocycles. The van der Waals surface area contributed by atoms with Crippen molar-refractivity contribution in [3.8, 4) is 0 Å². The summed E-state index contributed by atoms with van der Waals surface area (Å²) in [5, 5.41) is 2.91. The highest BCUT2D eigenvalue weighted by molar-refractivity contribution is 6.00. The van der Waals surface area contributed by atoms with Crippen LogP contribution in [0.3, 0.4) is 0 Å². The van der Waals surface area contributed by atoms with Crippen molar-refractivity contribution in [1.82, 2.24) is 5.32 Å². The molecule has 2 aromatic rings. The number of carbonyl (C=O) groups excluding carboxylic acids is 2. The van der Waals surface area contributed by atoms with Crippen molar-refractivity contribution in [2.75, 3.05) is 11.4 Å². The lowest BCUT2D eigenvalue weighted by Gasteiger charge is -2.16. The van der Waals surface area contributed by atoms with E-state index < -0.39 is 0 Å². The van der Waals surface area contributed by atoms with Crippen LogP contribution in [0.2, 0.25) is 0 Å². The van der Waals surface area contributed by atoms with E-state index in [1.165, 1.54) is 0 Å². The summed E-state index contributed by atoms with van der Waals surface area (Å²) < 4.78 is 5.45. The number of nitrogens with one attached hydrogen (secondary N) is 1. The number of para-hydroxylation sites is 1. The normalized spacial score (nSPS) is 17.6. The van der Waals surface area contributed by atoms with Gasteiger partial charge in [0.15, 0.2) is 0 Å². The molecule has 2 amide bonds. The summed E-state index contributed by atoms with van der Waals surface area (Å²) in [5.41, 5.74) is 1.81. The lowest BCUT2D eigenvalue weighted by molar-refractivity contribution is -0.126. The van der Waals surface area contributed by atoms with E-state index in [4.69, 9.17) is 4.42 Å². The van der Waals surface area contributed by atoms with E-state index in [1.807, 2.05) is 50.2 Å². The van der Waals surface area contributed by atoms with Crippen molar-refractivity contribution in [1.29, 1.82) is 0 Å². The highest BCUT2D eigenvalue weighted by Gasteiger charge is 2.34. The van der Waals surface area contributed by atoms with Crippen molar-refractivity contribution in [3.63, 3.8) is 0 Å². The summed E-state index contributed by atoms with van der Waals surface area (Å²) in [6.45, 7) is 4.62. The Kier molecular flexibility index (Phi) is 4.19. The fourth-order valence-corrected chi connectivity index (χ4v) is 2.93. The van der Waals surface area contributed by atoms with Gasteiger partial charge in [-0.25, -0.2) is 0 Å². The second kappa shape index (κ2) is 6.28. The first-order valence-corrected chi connectivity index (χ1v) is 7.73. The Morgan fingerprint density at radius 1 is 1.30 bits per heavy atom. The second-order valence-electron chi connectivity index (χ2n) is 5.90. The van der Waals surface area contributed by atoms with E-state index in [2.05, 4.69) is 5.32 Å². The average molecular weight is 312 g/mol. The minimum absolute atomic E-state index is 0.00770. The van der Waals surface area contributed by atoms with Crippen LogP contribution in [0, 0.1) is 19.8 Å². The molecule has 0 bridgehead atoms. The Balaban J connectivity index is 1.61. The van der Waals surface area contributed by atoms with Gasteiger partial charge in [0, 0.05) is 30.8 Å². The summed E-state index contributed by atoms with van der Waals surface area (Å²) in [6, 6.07) is 11.4. The zero-order chi connectivity index (χ0) is 16.4. The highest BCUT2D eigenvalue weighted by atomic mass is 16.3. The number of nitrogens with zero attached hydrogens (tertiary/aromatic N) is 1. The molecule has 1 fully saturated rings. The molecule has 0 radical (unpaired) electrons. The lowest BCUT2D eigenvalue weighted by Crippen LogP contribution is -2.32. The quantitative estimate of drug-likeness (QED) is 0.944. The molecule has 0 spiro atoms. The molecular weight excluding hydrogens is 292 g/mol. The summed E-state index contributed by atoms with van der Waals surface area (Å²) in [7, 11) is 0. The van der Waals surface area contributed by atoms with E-state index in [0.717, 1.165) is 22.8 Å². The Bertz CT molecular complexity index is 721. The van der Waals surface area contributed by atoms with Gasteiger partial charge in [-0.1, -0.05) is 18.2 Å². The molecule has 5 heteroatoms. The molecule has 3 rings (SSSR count). The van der Waals surface area contributed by atoms with Crippen LogP contribution in [0.1, 0.15) is 23.5 Å². The smallest absolute Gasteiger partial charge is 0.227 e. The molecule has 120 valence electrons. The Labute approximate surface area is 135 Å². The van der Waals surface area contributed by atoms with Crippen molar-refractivity contribution in [2.24, 2.45) is 5.92 Å². The van der Waals surface area contributed by atoms with E-state index in [1.54, 1.807) is 4.90 Å². The Morgan fingerprint density at radius 2 is 2.04 bits per heavy atom. The zero-order valence-corrected chi connectivity index (χ0v) is 13.3. The third-order valence-corrected chi connectivity index (χ3v) is 4.16. The molecule has 1 N–H and O–H groups in total. The second-order valence-corrected chi connectivity index (χ2v) is 5.90. The fraction of sp³-hybridized carbons (Fsp3) is 0.333. The molecule has 2 heterocycles. The minimum atomic E-state index is -0.309. The lowest BCUT2D eigenvalue weighted by atomic mass is 10.1. The number of hydrogen-bond donors (Lipinski definition) is 1. The minimum Gasteiger partial charge on any atom is -0.466 e. The molecule has 1 aliphatic heterocycles. The Hall–Kier alpha value is -2.56. The van der Waals surface area contributed by atoms with Gasteiger partial charge in [0.05, 0.1) is 5.92 Å². The van der Waals surface area contributed by atoms with Crippen molar-refractivity contribution in [3.05, 3.63) is 53.5 Å². The maximum Gasteiger partial charge on any atom is 0.227 e. The first kappa shape index (κ1) is 15.3. The molecule has 0 saturated carbocycles. The molecule has 5 nitrogen and oxygen atoms in total. The maximum absolute atomic E-state index is 12.3. The topological polar surface area (TPSA) is 62.6 Å². The molecule has 1 unspecified atom stereocenters. The first-order valence-electron chi connectivity index (χ1n) is 7.73. The monoisotopic (exact) mass is 312 g/mol.